The van der Waals surface area contributed by atoms with Crippen LogP contribution in [0, 0.1) is 6.92 Å². The highest BCUT2D eigenvalue weighted by molar-refractivity contribution is 5.21. The average molecular weight is 300 g/mol. The molecule has 0 bridgehead atoms. The zero-order chi connectivity index (χ0) is 15.3. The maximum atomic E-state index is 12.2. The van der Waals surface area contributed by atoms with Gasteiger partial charge in [-0.1, -0.05) is 36.2 Å². The second-order valence-corrected chi connectivity index (χ2v) is 5.85. The number of alkyl halides is 3. The average Bonchev–Trinajstić information content (AvgIpc) is 2.42. The Morgan fingerprint density at radius 1 is 1.19 bits per heavy atom. The van der Waals surface area contributed by atoms with Gasteiger partial charge in [-0.2, -0.15) is 13.2 Å². The minimum atomic E-state index is -4.13. The van der Waals surface area contributed by atoms with Crippen LogP contribution in [0.2, 0.25) is 0 Å². The van der Waals surface area contributed by atoms with E-state index in [1.165, 1.54) is 11.1 Å². The third-order valence-corrected chi connectivity index (χ3v) is 3.96. The molecule has 1 aliphatic heterocycles. The lowest BCUT2D eigenvalue weighted by Gasteiger charge is -2.36. The van der Waals surface area contributed by atoms with Gasteiger partial charge in [0.15, 0.2) is 0 Å². The first-order valence-electron chi connectivity index (χ1n) is 7.51. The van der Waals surface area contributed by atoms with Gasteiger partial charge in [0.2, 0.25) is 0 Å². The maximum absolute atomic E-state index is 12.2. The SMILES string of the molecule is Cc1ccc(CN2CCCCC2CNCC(F)(F)F)cc1. The third-order valence-electron chi connectivity index (χ3n) is 3.96. The molecule has 1 saturated heterocycles. The van der Waals surface area contributed by atoms with Crippen LogP contribution in [-0.4, -0.2) is 36.8 Å². The van der Waals surface area contributed by atoms with Gasteiger partial charge in [-0.25, -0.2) is 0 Å². The van der Waals surface area contributed by atoms with Gasteiger partial charge in [-0.15, -0.1) is 0 Å². The number of piperidine rings is 1. The summed E-state index contributed by atoms with van der Waals surface area (Å²) >= 11 is 0. The molecule has 2 rings (SSSR count). The van der Waals surface area contributed by atoms with Crippen LogP contribution in [0.15, 0.2) is 24.3 Å². The lowest BCUT2D eigenvalue weighted by atomic mass is 10.0. The Bertz CT molecular complexity index is 428. The number of likely N-dealkylation sites (tertiary alicyclic amines) is 1. The Morgan fingerprint density at radius 2 is 1.90 bits per heavy atom. The highest BCUT2D eigenvalue weighted by Gasteiger charge is 2.28. The minimum Gasteiger partial charge on any atom is -0.307 e. The molecule has 0 spiro atoms. The van der Waals surface area contributed by atoms with E-state index in [0.29, 0.717) is 6.54 Å². The number of nitrogens with one attached hydrogen (secondary N) is 1. The monoisotopic (exact) mass is 300 g/mol. The number of hydrogen-bond donors (Lipinski definition) is 1. The molecule has 1 heterocycles. The number of halogens is 3. The molecular formula is C16H23F3N2. The standard InChI is InChI=1S/C16H23F3N2/c1-13-5-7-14(8-6-13)11-21-9-3-2-4-15(21)10-20-12-16(17,18)19/h5-8,15,20H,2-4,9-12H2,1H3. The van der Waals surface area contributed by atoms with Crippen LogP contribution in [0.5, 0.6) is 0 Å². The van der Waals surface area contributed by atoms with Crippen molar-refractivity contribution in [3.63, 3.8) is 0 Å². The Kier molecular flexibility index (Phi) is 5.65. The molecule has 21 heavy (non-hydrogen) atoms. The van der Waals surface area contributed by atoms with Gasteiger partial charge >= 0.3 is 6.18 Å². The van der Waals surface area contributed by atoms with Crippen molar-refractivity contribution in [3.05, 3.63) is 35.4 Å². The molecule has 2 nitrogen and oxygen atoms in total. The van der Waals surface area contributed by atoms with Crippen molar-refractivity contribution in [2.45, 2.75) is 44.9 Å². The van der Waals surface area contributed by atoms with Gasteiger partial charge in [-0.3, -0.25) is 4.90 Å². The van der Waals surface area contributed by atoms with E-state index in [1.54, 1.807) is 0 Å². The Hall–Kier alpha value is -1.07. The van der Waals surface area contributed by atoms with E-state index < -0.39 is 12.7 Å². The molecular weight excluding hydrogens is 277 g/mol. The third kappa shape index (κ3) is 5.67. The Morgan fingerprint density at radius 3 is 2.57 bits per heavy atom. The number of nitrogens with zero attached hydrogens (tertiary/aromatic N) is 1. The van der Waals surface area contributed by atoms with Crippen molar-refractivity contribution in [2.75, 3.05) is 19.6 Å². The van der Waals surface area contributed by atoms with Crippen LogP contribution in [0.4, 0.5) is 13.2 Å². The van der Waals surface area contributed by atoms with Gasteiger partial charge in [0.25, 0.3) is 0 Å². The summed E-state index contributed by atoms with van der Waals surface area (Å²) in [5.41, 5.74) is 2.45. The first kappa shape index (κ1) is 16.3. The van der Waals surface area contributed by atoms with Crippen LogP contribution < -0.4 is 5.32 Å². The molecule has 0 aromatic heterocycles. The molecule has 1 fully saturated rings. The molecule has 1 unspecified atom stereocenters. The van der Waals surface area contributed by atoms with Crippen LogP contribution in [0.25, 0.3) is 0 Å². The topological polar surface area (TPSA) is 15.3 Å². The molecule has 118 valence electrons. The summed E-state index contributed by atoms with van der Waals surface area (Å²) in [6.07, 6.45) is -0.933. The second-order valence-electron chi connectivity index (χ2n) is 5.85. The van der Waals surface area contributed by atoms with Crippen LogP contribution in [-0.2, 0) is 6.54 Å². The summed E-state index contributed by atoms with van der Waals surface area (Å²) in [4.78, 5) is 2.30. The van der Waals surface area contributed by atoms with Gasteiger partial charge in [0, 0.05) is 19.1 Å². The molecule has 1 atom stereocenters. The summed E-state index contributed by atoms with van der Waals surface area (Å²) in [6, 6.07) is 8.56. The molecule has 1 aromatic rings. The van der Waals surface area contributed by atoms with Crippen LogP contribution in [0.1, 0.15) is 30.4 Å². The van der Waals surface area contributed by atoms with Gasteiger partial charge in [0.1, 0.15) is 0 Å². The summed E-state index contributed by atoms with van der Waals surface area (Å²) in [5.74, 6) is 0. The first-order chi connectivity index (χ1) is 9.94. The van der Waals surface area contributed by atoms with Crippen molar-refractivity contribution in [1.82, 2.24) is 10.2 Å². The van der Waals surface area contributed by atoms with Crippen molar-refractivity contribution in [2.24, 2.45) is 0 Å². The van der Waals surface area contributed by atoms with E-state index >= 15 is 0 Å². The second kappa shape index (κ2) is 7.27. The molecule has 1 aromatic carbocycles. The number of rotatable bonds is 5. The van der Waals surface area contributed by atoms with E-state index in [0.717, 1.165) is 32.4 Å². The molecule has 0 aliphatic carbocycles. The Balaban J connectivity index is 1.87. The zero-order valence-electron chi connectivity index (χ0n) is 12.4. The van der Waals surface area contributed by atoms with Crippen LogP contribution >= 0.6 is 0 Å². The maximum Gasteiger partial charge on any atom is 0.401 e. The normalized spacial score (nSPS) is 20.7. The lowest BCUT2D eigenvalue weighted by Crippen LogP contribution is -2.46. The number of benzene rings is 1. The highest BCUT2D eigenvalue weighted by Crippen LogP contribution is 2.20. The predicted molar refractivity (Wildman–Crippen MR) is 78.2 cm³/mol. The van der Waals surface area contributed by atoms with Gasteiger partial charge in [-0.05, 0) is 31.9 Å². The molecule has 0 radical (unpaired) electrons. The highest BCUT2D eigenvalue weighted by atomic mass is 19.4. The van der Waals surface area contributed by atoms with Crippen molar-refractivity contribution in [1.29, 1.82) is 0 Å². The van der Waals surface area contributed by atoms with Crippen molar-refractivity contribution in [3.8, 4) is 0 Å². The van der Waals surface area contributed by atoms with Crippen molar-refractivity contribution < 1.29 is 13.2 Å². The molecule has 1 N–H and O–H groups in total. The van der Waals surface area contributed by atoms with Gasteiger partial charge < -0.3 is 5.32 Å². The molecule has 0 saturated carbocycles. The van der Waals surface area contributed by atoms with E-state index in [4.69, 9.17) is 0 Å². The summed E-state index contributed by atoms with van der Waals surface area (Å²) in [7, 11) is 0. The van der Waals surface area contributed by atoms with E-state index in [2.05, 4.69) is 41.4 Å². The quantitative estimate of drug-likeness (QED) is 0.895. The van der Waals surface area contributed by atoms with E-state index in [9.17, 15) is 13.2 Å². The van der Waals surface area contributed by atoms with E-state index in [1.807, 2.05) is 0 Å². The fraction of sp³-hybridized carbons (Fsp3) is 0.625. The fourth-order valence-electron chi connectivity index (χ4n) is 2.81. The number of aryl methyl sites for hydroxylation is 1. The molecule has 1 aliphatic rings. The zero-order valence-corrected chi connectivity index (χ0v) is 12.4. The molecule has 5 heteroatoms. The first-order valence-corrected chi connectivity index (χ1v) is 7.51. The smallest absolute Gasteiger partial charge is 0.307 e. The Labute approximate surface area is 124 Å². The lowest BCUT2D eigenvalue weighted by molar-refractivity contribution is -0.125. The predicted octanol–water partition coefficient (Wildman–Crippen LogP) is 3.50. The minimum absolute atomic E-state index is 0.197. The van der Waals surface area contributed by atoms with Crippen LogP contribution in [0.3, 0.4) is 0 Å². The number of hydrogen-bond acceptors (Lipinski definition) is 2. The van der Waals surface area contributed by atoms with Crippen molar-refractivity contribution >= 4 is 0 Å². The fourth-order valence-corrected chi connectivity index (χ4v) is 2.81. The van der Waals surface area contributed by atoms with E-state index in [-0.39, 0.29) is 6.04 Å². The largest absolute Gasteiger partial charge is 0.401 e. The van der Waals surface area contributed by atoms with Gasteiger partial charge in [0.05, 0.1) is 6.54 Å². The molecule has 0 amide bonds. The summed E-state index contributed by atoms with van der Waals surface area (Å²) in [6.45, 7) is 3.34. The summed E-state index contributed by atoms with van der Waals surface area (Å²) in [5, 5.41) is 2.55. The summed E-state index contributed by atoms with van der Waals surface area (Å²) < 4.78 is 36.6.